The summed E-state index contributed by atoms with van der Waals surface area (Å²) in [6, 6.07) is 2.86. The van der Waals surface area contributed by atoms with Gasteiger partial charge >= 0.3 is 5.97 Å². The fraction of sp³-hybridized carbons (Fsp3) is 0.536. The lowest BCUT2D eigenvalue weighted by molar-refractivity contribution is -0.142. The number of amides is 4. The minimum atomic E-state index is -1.22. The maximum absolute atomic E-state index is 13.5. The molecule has 14 nitrogen and oxygen atoms in total. The Bertz CT molecular complexity index is 1200. The van der Waals surface area contributed by atoms with Crippen LogP contribution < -0.4 is 38.9 Å². The van der Waals surface area contributed by atoms with Crippen molar-refractivity contribution in [3.8, 4) is 0 Å². The second kappa shape index (κ2) is 17.7. The van der Waals surface area contributed by atoms with E-state index in [1.165, 1.54) is 0 Å². The number of carboxylic acids is 1. The number of carbonyl (C=O) groups excluding carboxylic acids is 4. The van der Waals surface area contributed by atoms with Gasteiger partial charge in [0, 0.05) is 29.9 Å². The van der Waals surface area contributed by atoms with E-state index in [0.29, 0.717) is 50.8 Å². The number of hydrogen-bond acceptors (Lipinski definition) is 8. The Kier molecular flexibility index (Phi) is 14.4. The maximum atomic E-state index is 13.5. The first-order chi connectivity index (χ1) is 20.1. The molecule has 0 saturated heterocycles. The Morgan fingerprint density at radius 2 is 1.38 bits per heavy atom. The van der Waals surface area contributed by atoms with Crippen molar-refractivity contribution in [2.24, 2.45) is 22.9 Å². The topological polar surface area (TPSA) is 262 Å². The minimum absolute atomic E-state index is 0.0197. The monoisotopic (exact) mass is 588 g/mol. The van der Waals surface area contributed by atoms with Crippen LogP contribution in [0.4, 0.5) is 0 Å². The highest BCUT2D eigenvalue weighted by atomic mass is 16.4. The zero-order valence-corrected chi connectivity index (χ0v) is 23.8. The largest absolute Gasteiger partial charge is 0.480 e. The van der Waals surface area contributed by atoms with Crippen molar-refractivity contribution in [3.05, 3.63) is 36.0 Å². The van der Waals surface area contributed by atoms with Crippen molar-refractivity contribution in [2.45, 2.75) is 82.0 Å². The van der Waals surface area contributed by atoms with E-state index < -0.39 is 53.8 Å². The minimum Gasteiger partial charge on any atom is -0.480 e. The molecule has 1 aromatic heterocycles. The fourth-order valence-corrected chi connectivity index (χ4v) is 4.50. The summed E-state index contributed by atoms with van der Waals surface area (Å²) in [5.41, 5.74) is 23.8. The summed E-state index contributed by atoms with van der Waals surface area (Å²) in [5, 5.41) is 18.2. The summed E-state index contributed by atoms with van der Waals surface area (Å²) >= 11 is 0. The molecule has 0 aliphatic rings. The number of rotatable bonds is 20. The van der Waals surface area contributed by atoms with E-state index in [1.807, 2.05) is 24.3 Å². The van der Waals surface area contributed by atoms with Gasteiger partial charge in [-0.1, -0.05) is 24.6 Å². The molecule has 0 aliphatic carbocycles. The molecule has 232 valence electrons. The fourth-order valence-electron chi connectivity index (χ4n) is 4.50. The van der Waals surface area contributed by atoms with Crippen molar-refractivity contribution in [2.75, 3.05) is 13.1 Å². The van der Waals surface area contributed by atoms with Crippen LogP contribution in [0.15, 0.2) is 30.5 Å². The van der Waals surface area contributed by atoms with E-state index in [4.69, 9.17) is 22.9 Å². The molecule has 0 aliphatic heterocycles. The lowest BCUT2D eigenvalue weighted by Crippen LogP contribution is -2.57. The van der Waals surface area contributed by atoms with Gasteiger partial charge in [0.2, 0.25) is 23.6 Å². The zero-order valence-electron chi connectivity index (χ0n) is 23.8. The molecule has 0 saturated carbocycles. The number of unbranched alkanes of at least 4 members (excludes halogenated alkanes) is 2. The first kappa shape index (κ1) is 34.2. The number of para-hydroxylation sites is 1. The number of nitrogens with two attached hydrogens (primary N) is 4. The predicted molar refractivity (Wildman–Crippen MR) is 158 cm³/mol. The number of fused-ring (bicyclic) bond motifs is 1. The molecular formula is C28H44N8O6. The Morgan fingerprint density at radius 1 is 0.786 bits per heavy atom. The highest BCUT2D eigenvalue weighted by Crippen LogP contribution is 2.19. The van der Waals surface area contributed by atoms with Crippen LogP contribution in [-0.2, 0) is 30.4 Å². The van der Waals surface area contributed by atoms with E-state index in [2.05, 4.69) is 20.9 Å². The molecule has 4 atom stereocenters. The molecule has 4 unspecified atom stereocenters. The van der Waals surface area contributed by atoms with Gasteiger partial charge in [-0.2, -0.15) is 0 Å². The normalized spacial score (nSPS) is 14.0. The average Bonchev–Trinajstić information content (AvgIpc) is 3.36. The molecule has 0 spiro atoms. The number of hydrogen-bond donors (Lipinski definition) is 9. The zero-order chi connectivity index (χ0) is 31.1. The molecule has 13 N–H and O–H groups in total. The SMILES string of the molecule is NCCCCC(N)C(=O)NC(CCC(N)=O)C(=O)NC(Cc1c[nH]c2ccccc12)C(=O)NC(CCCCN)C(=O)O. The number of aromatic amines is 1. The summed E-state index contributed by atoms with van der Waals surface area (Å²) in [6.07, 6.45) is 4.27. The molecular weight excluding hydrogens is 544 g/mol. The van der Waals surface area contributed by atoms with Gasteiger partial charge in [-0.3, -0.25) is 19.2 Å². The summed E-state index contributed by atoms with van der Waals surface area (Å²) in [6.45, 7) is 0.836. The number of nitrogens with one attached hydrogen (secondary N) is 4. The van der Waals surface area contributed by atoms with Gasteiger partial charge in [0.15, 0.2) is 0 Å². The molecule has 1 aromatic carbocycles. The molecule has 2 aromatic rings. The predicted octanol–water partition coefficient (Wildman–Crippen LogP) is -0.900. The van der Waals surface area contributed by atoms with E-state index >= 15 is 0 Å². The summed E-state index contributed by atoms with van der Waals surface area (Å²) in [7, 11) is 0. The number of primary amides is 1. The van der Waals surface area contributed by atoms with E-state index in [0.717, 1.165) is 10.9 Å². The second-order valence-corrected chi connectivity index (χ2v) is 10.3. The van der Waals surface area contributed by atoms with Gasteiger partial charge in [0.1, 0.15) is 18.1 Å². The lowest BCUT2D eigenvalue weighted by atomic mass is 10.0. The molecule has 0 fully saturated rings. The Balaban J connectivity index is 2.28. The van der Waals surface area contributed by atoms with Gasteiger partial charge in [-0.25, -0.2) is 4.79 Å². The number of carbonyl (C=O) groups is 5. The summed E-state index contributed by atoms with van der Waals surface area (Å²) in [5.74, 6) is -3.95. The van der Waals surface area contributed by atoms with Gasteiger partial charge in [-0.05, 0) is 63.2 Å². The first-order valence-corrected chi connectivity index (χ1v) is 14.2. The third kappa shape index (κ3) is 11.1. The molecule has 2 rings (SSSR count). The van der Waals surface area contributed by atoms with E-state index in [9.17, 15) is 29.1 Å². The van der Waals surface area contributed by atoms with Crippen LogP contribution in [0.2, 0.25) is 0 Å². The maximum Gasteiger partial charge on any atom is 0.326 e. The number of aliphatic carboxylic acids is 1. The number of benzene rings is 1. The van der Waals surface area contributed by atoms with Crippen molar-refractivity contribution < 1.29 is 29.1 Å². The molecule has 0 radical (unpaired) electrons. The molecule has 1 heterocycles. The molecule has 14 heteroatoms. The van der Waals surface area contributed by atoms with Crippen molar-refractivity contribution in [1.82, 2.24) is 20.9 Å². The lowest BCUT2D eigenvalue weighted by Gasteiger charge is -2.25. The van der Waals surface area contributed by atoms with Crippen LogP contribution in [0.5, 0.6) is 0 Å². The second-order valence-electron chi connectivity index (χ2n) is 10.3. The smallest absolute Gasteiger partial charge is 0.326 e. The van der Waals surface area contributed by atoms with Crippen molar-refractivity contribution in [3.63, 3.8) is 0 Å². The molecule has 0 bridgehead atoms. The van der Waals surface area contributed by atoms with Gasteiger partial charge in [0.05, 0.1) is 6.04 Å². The molecule has 42 heavy (non-hydrogen) atoms. The highest BCUT2D eigenvalue weighted by molar-refractivity contribution is 5.95. The van der Waals surface area contributed by atoms with Crippen LogP contribution in [0.25, 0.3) is 10.9 Å². The highest BCUT2D eigenvalue weighted by Gasteiger charge is 2.31. The third-order valence-electron chi connectivity index (χ3n) is 6.91. The average molecular weight is 589 g/mol. The number of aromatic nitrogens is 1. The number of carboxylic acid groups (broad SMARTS) is 1. The first-order valence-electron chi connectivity index (χ1n) is 14.2. The molecule has 4 amide bonds. The Morgan fingerprint density at radius 3 is 2.02 bits per heavy atom. The van der Waals surface area contributed by atoms with Crippen molar-refractivity contribution >= 4 is 40.5 Å². The van der Waals surface area contributed by atoms with Crippen LogP contribution >= 0.6 is 0 Å². The van der Waals surface area contributed by atoms with Gasteiger partial charge in [-0.15, -0.1) is 0 Å². The van der Waals surface area contributed by atoms with Gasteiger partial charge in [0.25, 0.3) is 0 Å². The summed E-state index contributed by atoms with van der Waals surface area (Å²) < 4.78 is 0. The van der Waals surface area contributed by atoms with E-state index in [-0.39, 0.29) is 25.7 Å². The van der Waals surface area contributed by atoms with Crippen LogP contribution in [0, 0.1) is 0 Å². The van der Waals surface area contributed by atoms with Crippen LogP contribution in [-0.4, -0.2) is 76.9 Å². The van der Waals surface area contributed by atoms with Crippen molar-refractivity contribution in [1.29, 1.82) is 0 Å². The Labute approximate surface area is 244 Å². The van der Waals surface area contributed by atoms with Crippen LogP contribution in [0.3, 0.4) is 0 Å². The van der Waals surface area contributed by atoms with E-state index in [1.54, 1.807) is 6.20 Å². The quantitative estimate of drug-likeness (QED) is 0.0866. The van der Waals surface area contributed by atoms with Gasteiger partial charge < -0.3 is 49.0 Å². The summed E-state index contributed by atoms with van der Waals surface area (Å²) in [4.78, 5) is 66.1. The Hall–Kier alpha value is -4.01. The third-order valence-corrected chi connectivity index (χ3v) is 6.91. The standard InChI is InChI=1S/C28H44N8O6/c29-13-5-3-8-19(31)25(38)34-21(11-12-24(32)37)26(39)36-23(15-17-16-33-20-9-2-1-7-18(17)20)27(40)35-22(28(41)42)10-4-6-14-30/h1-2,7,9,16,19,21-23,33H,3-6,8,10-15,29-31H2,(H2,32,37)(H,34,38)(H,35,40)(H,36,39)(H,41,42). The van der Waals surface area contributed by atoms with Crippen LogP contribution in [0.1, 0.15) is 56.9 Å². The number of H-pyrrole nitrogens is 1.